The summed E-state index contributed by atoms with van der Waals surface area (Å²) < 4.78 is 13.7. The SMILES string of the molecule is S=P12c3ccc4ccccc4c3Oc3cc(-c4ccc5ccccc5c4)cc(c31)Oc1c2ccc2ccccc12. The zero-order chi connectivity index (χ0) is 26.4. The fraction of sp³-hybridized carbons (Fsp3) is 0. The minimum absolute atomic E-state index is 0.798. The molecule has 0 N–H and O–H groups in total. The molecule has 7 aromatic rings. The van der Waals surface area contributed by atoms with Crippen molar-refractivity contribution < 1.29 is 9.47 Å². The average Bonchev–Trinajstić information content (AvgIpc) is 3.00. The molecule has 2 nitrogen and oxygen atoms in total. The second-order valence-corrected chi connectivity index (χ2v) is 14.7. The quantitative estimate of drug-likeness (QED) is 0.191. The van der Waals surface area contributed by atoms with E-state index in [2.05, 4.69) is 127 Å². The summed E-state index contributed by atoms with van der Waals surface area (Å²) in [6.07, 6.45) is 0. The molecule has 9 rings (SSSR count). The molecule has 40 heavy (non-hydrogen) atoms. The molecule has 0 bridgehead atoms. The monoisotopic (exact) mass is 548 g/mol. The summed E-state index contributed by atoms with van der Waals surface area (Å²) in [6.45, 7) is 0. The van der Waals surface area contributed by atoms with Gasteiger partial charge in [-0.1, -0.05) is 109 Å². The molecule has 0 aliphatic carbocycles. The lowest BCUT2D eigenvalue weighted by Crippen LogP contribution is -2.35. The van der Waals surface area contributed by atoms with Gasteiger partial charge in [0.05, 0.1) is 11.3 Å². The smallest absolute Gasteiger partial charge is 0.144 e. The molecule has 188 valence electrons. The summed E-state index contributed by atoms with van der Waals surface area (Å²) in [6, 6.07) is 42.4. The van der Waals surface area contributed by atoms with E-state index in [1.807, 2.05) is 0 Å². The molecule has 0 spiro atoms. The van der Waals surface area contributed by atoms with Crippen LogP contribution in [0.1, 0.15) is 0 Å². The second kappa shape index (κ2) is 8.05. The Kier molecular flexibility index (Phi) is 4.51. The Bertz CT molecular complexity index is 2150. The maximum atomic E-state index is 6.86. The lowest BCUT2D eigenvalue weighted by atomic mass is 10.0. The first-order valence-electron chi connectivity index (χ1n) is 13.4. The van der Waals surface area contributed by atoms with Gasteiger partial charge in [0.1, 0.15) is 23.0 Å². The van der Waals surface area contributed by atoms with E-state index in [0.29, 0.717) is 0 Å². The lowest BCUT2D eigenvalue weighted by Gasteiger charge is -2.38. The van der Waals surface area contributed by atoms with Gasteiger partial charge in [-0.25, -0.2) is 0 Å². The molecule has 0 saturated carbocycles. The highest BCUT2D eigenvalue weighted by atomic mass is 32.4. The maximum Gasteiger partial charge on any atom is 0.144 e. The fourth-order valence-electron chi connectivity index (χ4n) is 6.35. The van der Waals surface area contributed by atoms with Crippen molar-refractivity contribution in [1.82, 2.24) is 0 Å². The van der Waals surface area contributed by atoms with Crippen LogP contribution in [0.5, 0.6) is 23.0 Å². The lowest BCUT2D eigenvalue weighted by molar-refractivity contribution is 0.472. The van der Waals surface area contributed by atoms with Crippen molar-refractivity contribution in [3.63, 3.8) is 0 Å². The van der Waals surface area contributed by atoms with Gasteiger partial charge in [-0.05, 0) is 63.0 Å². The van der Waals surface area contributed by atoms with E-state index in [1.165, 1.54) is 10.8 Å². The summed E-state index contributed by atoms with van der Waals surface area (Å²) in [7, 11) is 0. The van der Waals surface area contributed by atoms with Crippen molar-refractivity contribution in [2.24, 2.45) is 0 Å². The van der Waals surface area contributed by atoms with Gasteiger partial charge in [0, 0.05) is 21.4 Å². The summed E-state index contributed by atoms with van der Waals surface area (Å²) in [4.78, 5) is 0. The van der Waals surface area contributed by atoms with E-state index < -0.39 is 6.04 Å². The molecule has 7 aromatic carbocycles. The Balaban J connectivity index is 1.38. The highest BCUT2D eigenvalue weighted by Gasteiger charge is 2.44. The third-order valence-electron chi connectivity index (χ3n) is 8.26. The normalized spacial score (nSPS) is 14.2. The van der Waals surface area contributed by atoms with Crippen molar-refractivity contribution in [3.05, 3.63) is 127 Å². The van der Waals surface area contributed by atoms with Crippen molar-refractivity contribution in [2.75, 3.05) is 0 Å². The van der Waals surface area contributed by atoms with Crippen LogP contribution in [-0.4, -0.2) is 0 Å². The van der Waals surface area contributed by atoms with E-state index >= 15 is 0 Å². The number of hydrogen-bond acceptors (Lipinski definition) is 3. The van der Waals surface area contributed by atoms with Gasteiger partial charge < -0.3 is 9.47 Å². The van der Waals surface area contributed by atoms with Crippen LogP contribution in [-0.2, 0) is 11.8 Å². The number of benzene rings is 7. The molecule has 0 saturated heterocycles. The van der Waals surface area contributed by atoms with Crippen molar-refractivity contribution >= 4 is 66.1 Å². The minimum atomic E-state index is -2.49. The first kappa shape index (κ1) is 22.4. The Morgan fingerprint density at radius 1 is 0.450 bits per heavy atom. The zero-order valence-electron chi connectivity index (χ0n) is 21.3. The molecule has 0 fully saturated rings. The van der Waals surface area contributed by atoms with Gasteiger partial charge >= 0.3 is 0 Å². The van der Waals surface area contributed by atoms with Gasteiger partial charge in [0.2, 0.25) is 0 Å². The maximum absolute atomic E-state index is 6.86. The Hall–Kier alpha value is -4.43. The number of rotatable bonds is 1. The summed E-state index contributed by atoms with van der Waals surface area (Å²) in [5, 5.41) is 10.1. The van der Waals surface area contributed by atoms with Crippen molar-refractivity contribution in [3.8, 4) is 34.1 Å². The highest BCUT2D eigenvalue weighted by molar-refractivity contribution is 8.26. The van der Waals surface area contributed by atoms with Gasteiger partial charge in [-0.3, -0.25) is 0 Å². The molecule has 2 aliphatic heterocycles. The topological polar surface area (TPSA) is 18.5 Å². The fourth-order valence-corrected chi connectivity index (χ4v) is 10.8. The summed E-state index contributed by atoms with van der Waals surface area (Å²) in [5.41, 5.74) is 2.17. The molecule has 2 aliphatic rings. The van der Waals surface area contributed by atoms with Gasteiger partial charge in [0.25, 0.3) is 0 Å². The summed E-state index contributed by atoms with van der Waals surface area (Å²) >= 11 is 6.86. The number of fused-ring (bicyclic) bond motifs is 9. The summed E-state index contributed by atoms with van der Waals surface area (Å²) in [5.74, 6) is 3.34. The van der Waals surface area contributed by atoms with Gasteiger partial charge in [-0.2, -0.15) is 0 Å². The van der Waals surface area contributed by atoms with E-state index in [4.69, 9.17) is 21.3 Å². The van der Waals surface area contributed by atoms with E-state index in [9.17, 15) is 0 Å². The van der Waals surface area contributed by atoms with Crippen molar-refractivity contribution in [2.45, 2.75) is 0 Å². The van der Waals surface area contributed by atoms with Crippen LogP contribution >= 0.6 is 6.04 Å². The molecule has 0 aromatic heterocycles. The van der Waals surface area contributed by atoms with Crippen molar-refractivity contribution in [1.29, 1.82) is 0 Å². The van der Waals surface area contributed by atoms with Crippen LogP contribution in [0, 0.1) is 0 Å². The molecule has 0 radical (unpaired) electrons. The first-order chi connectivity index (χ1) is 19.7. The largest absolute Gasteiger partial charge is 0.455 e. The Labute approximate surface area is 236 Å². The molecular weight excluding hydrogens is 527 g/mol. The molecule has 0 unspecified atom stereocenters. The van der Waals surface area contributed by atoms with Gasteiger partial charge in [0.15, 0.2) is 0 Å². The van der Waals surface area contributed by atoms with Crippen LogP contribution in [0.4, 0.5) is 0 Å². The highest BCUT2D eigenvalue weighted by Crippen LogP contribution is 2.60. The van der Waals surface area contributed by atoms with E-state index in [-0.39, 0.29) is 0 Å². The Morgan fingerprint density at radius 3 is 1.55 bits per heavy atom. The molecule has 4 heteroatoms. The van der Waals surface area contributed by atoms with Gasteiger partial charge in [-0.15, -0.1) is 0 Å². The zero-order valence-corrected chi connectivity index (χ0v) is 23.0. The van der Waals surface area contributed by atoms with Crippen LogP contribution in [0.2, 0.25) is 0 Å². The third kappa shape index (κ3) is 2.97. The van der Waals surface area contributed by atoms with Crippen LogP contribution < -0.4 is 25.4 Å². The van der Waals surface area contributed by atoms with E-state index in [0.717, 1.165) is 71.6 Å². The predicted octanol–water partition coefficient (Wildman–Crippen LogP) is 8.78. The Morgan fingerprint density at radius 2 is 0.950 bits per heavy atom. The van der Waals surface area contributed by atoms with Crippen LogP contribution in [0.3, 0.4) is 0 Å². The standard InChI is InChI=1S/C36H21O2PS/c40-39-32-17-15-23-8-3-5-11-28(23)34(32)37-30-20-27(26-14-13-22-7-1-2-10-25(22)19-26)21-31(36(30)39)38-35-29-12-6-4-9-24(29)16-18-33(35)39/h1-21H. The molecule has 2 heterocycles. The number of hydrogen-bond donors (Lipinski definition) is 0. The van der Waals surface area contributed by atoms with Crippen LogP contribution in [0.15, 0.2) is 127 Å². The van der Waals surface area contributed by atoms with E-state index in [1.54, 1.807) is 0 Å². The minimum Gasteiger partial charge on any atom is -0.455 e. The second-order valence-electron chi connectivity index (χ2n) is 10.5. The third-order valence-corrected chi connectivity index (χ3v) is 13.1. The predicted molar refractivity (Wildman–Crippen MR) is 171 cm³/mol. The molecule has 0 amide bonds. The van der Waals surface area contributed by atoms with Crippen LogP contribution in [0.25, 0.3) is 43.4 Å². The molecular formula is C36H21O2PS. The molecule has 0 atom stereocenters. The number of ether oxygens (including phenoxy) is 2. The first-order valence-corrected chi connectivity index (χ1v) is 16.2. The average molecular weight is 549 g/mol.